The van der Waals surface area contributed by atoms with Crippen LogP contribution in [0, 0.1) is 0 Å². The van der Waals surface area contributed by atoms with Crippen molar-refractivity contribution < 1.29 is 4.43 Å². The summed E-state index contributed by atoms with van der Waals surface area (Å²) in [5.74, 6) is 0. The average molecular weight is 276 g/mol. The second kappa shape index (κ2) is 6.53. The molecule has 0 amide bonds. The van der Waals surface area contributed by atoms with E-state index in [2.05, 4.69) is 83.3 Å². The van der Waals surface area contributed by atoms with Crippen molar-refractivity contribution in [3.63, 3.8) is 0 Å². The van der Waals surface area contributed by atoms with E-state index in [9.17, 15) is 0 Å². The Morgan fingerprint density at radius 3 is 2.21 bits per heavy atom. The van der Waals surface area contributed by atoms with E-state index in [1.807, 2.05) is 0 Å². The first-order valence-electron chi connectivity index (χ1n) is 7.17. The number of benzene rings is 1. The Balaban J connectivity index is 2.97. The van der Waals surface area contributed by atoms with E-state index in [1.54, 1.807) is 0 Å². The number of hydrogen-bond donors (Lipinski definition) is 0. The molecule has 0 saturated heterocycles. The van der Waals surface area contributed by atoms with Crippen LogP contribution in [0.1, 0.15) is 45.8 Å². The molecule has 1 rings (SSSR count). The standard InChI is InChI=1S/C17H28OSi/c1-7-8-14-16(15-12-10-9-11-13-15)18-19(5,6)17(2,3)4/h8-14,16H,7H2,1-6H3. The van der Waals surface area contributed by atoms with Crippen LogP contribution < -0.4 is 0 Å². The van der Waals surface area contributed by atoms with Crippen molar-refractivity contribution in [1.82, 2.24) is 0 Å². The van der Waals surface area contributed by atoms with Gasteiger partial charge in [-0.1, -0.05) is 70.2 Å². The van der Waals surface area contributed by atoms with Crippen LogP contribution in [0.4, 0.5) is 0 Å². The van der Waals surface area contributed by atoms with E-state index in [0.29, 0.717) is 0 Å². The summed E-state index contributed by atoms with van der Waals surface area (Å²) in [4.78, 5) is 0. The van der Waals surface area contributed by atoms with Gasteiger partial charge in [0.05, 0.1) is 6.10 Å². The summed E-state index contributed by atoms with van der Waals surface area (Å²) in [6.45, 7) is 13.6. The van der Waals surface area contributed by atoms with Crippen molar-refractivity contribution in [2.45, 2.75) is 58.4 Å². The van der Waals surface area contributed by atoms with Crippen molar-refractivity contribution in [1.29, 1.82) is 0 Å². The molecule has 1 nitrogen and oxygen atoms in total. The van der Waals surface area contributed by atoms with Crippen molar-refractivity contribution in [3.8, 4) is 0 Å². The third-order valence-corrected chi connectivity index (χ3v) is 8.36. The largest absolute Gasteiger partial charge is 0.407 e. The van der Waals surface area contributed by atoms with Gasteiger partial charge in [-0.3, -0.25) is 0 Å². The fourth-order valence-corrected chi connectivity index (χ4v) is 2.82. The van der Waals surface area contributed by atoms with Gasteiger partial charge in [0, 0.05) is 0 Å². The molecule has 106 valence electrons. The fourth-order valence-electron chi connectivity index (χ4n) is 1.62. The molecule has 0 heterocycles. The molecule has 0 saturated carbocycles. The van der Waals surface area contributed by atoms with Gasteiger partial charge in [0.1, 0.15) is 0 Å². The van der Waals surface area contributed by atoms with Crippen LogP contribution in [0.5, 0.6) is 0 Å². The topological polar surface area (TPSA) is 9.23 Å². The van der Waals surface area contributed by atoms with Gasteiger partial charge in [-0.25, -0.2) is 0 Å². The van der Waals surface area contributed by atoms with Crippen molar-refractivity contribution in [3.05, 3.63) is 48.0 Å². The zero-order valence-corrected chi connectivity index (χ0v) is 14.2. The highest BCUT2D eigenvalue weighted by Crippen LogP contribution is 2.40. The van der Waals surface area contributed by atoms with Gasteiger partial charge >= 0.3 is 0 Å². The lowest BCUT2D eigenvalue weighted by Crippen LogP contribution is -2.41. The molecule has 0 N–H and O–H groups in total. The molecule has 19 heavy (non-hydrogen) atoms. The second-order valence-electron chi connectivity index (χ2n) is 6.55. The van der Waals surface area contributed by atoms with Gasteiger partial charge in [0.15, 0.2) is 8.32 Å². The minimum atomic E-state index is -1.75. The Morgan fingerprint density at radius 1 is 1.16 bits per heavy atom. The molecule has 1 atom stereocenters. The van der Waals surface area contributed by atoms with Crippen LogP contribution in [0.3, 0.4) is 0 Å². The first-order chi connectivity index (χ1) is 8.78. The summed E-state index contributed by atoms with van der Waals surface area (Å²) in [5.41, 5.74) is 1.25. The third kappa shape index (κ3) is 4.63. The van der Waals surface area contributed by atoms with Gasteiger partial charge in [-0.05, 0) is 30.1 Å². The third-order valence-electron chi connectivity index (χ3n) is 3.90. The van der Waals surface area contributed by atoms with Crippen LogP contribution in [0.25, 0.3) is 0 Å². The monoisotopic (exact) mass is 276 g/mol. The number of allylic oxidation sites excluding steroid dienone is 1. The molecule has 1 unspecified atom stereocenters. The van der Waals surface area contributed by atoms with Gasteiger partial charge in [0.25, 0.3) is 0 Å². The van der Waals surface area contributed by atoms with Crippen molar-refractivity contribution in [2.75, 3.05) is 0 Å². The summed E-state index contributed by atoms with van der Waals surface area (Å²) in [6.07, 6.45) is 5.53. The molecule has 0 spiro atoms. The molecule has 1 aromatic rings. The van der Waals surface area contributed by atoms with Gasteiger partial charge in [-0.15, -0.1) is 0 Å². The minimum absolute atomic E-state index is 0.0852. The summed E-state index contributed by atoms with van der Waals surface area (Å²) in [6, 6.07) is 10.5. The Kier molecular flexibility index (Phi) is 5.57. The maximum absolute atomic E-state index is 6.54. The van der Waals surface area contributed by atoms with Crippen LogP contribution in [0.15, 0.2) is 42.5 Å². The predicted molar refractivity (Wildman–Crippen MR) is 86.9 cm³/mol. The smallest absolute Gasteiger partial charge is 0.193 e. The highest BCUT2D eigenvalue weighted by atomic mass is 28.4. The van der Waals surface area contributed by atoms with E-state index in [4.69, 9.17) is 4.43 Å². The molecular weight excluding hydrogens is 248 g/mol. The molecule has 0 radical (unpaired) electrons. The lowest BCUT2D eigenvalue weighted by atomic mass is 10.1. The quantitative estimate of drug-likeness (QED) is 0.494. The molecule has 2 heteroatoms. The van der Waals surface area contributed by atoms with Crippen molar-refractivity contribution >= 4 is 8.32 Å². The second-order valence-corrected chi connectivity index (χ2v) is 11.3. The Morgan fingerprint density at radius 2 is 1.74 bits per heavy atom. The molecular formula is C17H28OSi. The number of rotatable bonds is 5. The van der Waals surface area contributed by atoms with Gasteiger partial charge in [0.2, 0.25) is 0 Å². The SMILES string of the molecule is CCC=CC(O[Si](C)(C)C(C)(C)C)c1ccccc1. The van der Waals surface area contributed by atoms with E-state index >= 15 is 0 Å². The Bertz CT molecular complexity index is 401. The predicted octanol–water partition coefficient (Wildman–Crippen LogP) is 5.72. The van der Waals surface area contributed by atoms with Gasteiger partial charge in [-0.2, -0.15) is 0 Å². The zero-order valence-electron chi connectivity index (χ0n) is 13.2. The van der Waals surface area contributed by atoms with E-state index in [1.165, 1.54) is 5.56 Å². The van der Waals surface area contributed by atoms with Crippen LogP contribution >= 0.6 is 0 Å². The van der Waals surface area contributed by atoms with Crippen LogP contribution in [0.2, 0.25) is 18.1 Å². The molecule has 1 aromatic carbocycles. The zero-order chi connectivity index (χ0) is 14.5. The normalized spacial score (nSPS) is 14.8. The van der Waals surface area contributed by atoms with Crippen LogP contribution in [-0.2, 0) is 4.43 Å². The molecule has 0 aliphatic carbocycles. The summed E-state index contributed by atoms with van der Waals surface area (Å²) >= 11 is 0. The Labute approximate surface area is 119 Å². The first kappa shape index (κ1) is 16.2. The highest BCUT2D eigenvalue weighted by Gasteiger charge is 2.38. The van der Waals surface area contributed by atoms with E-state index in [0.717, 1.165) is 6.42 Å². The van der Waals surface area contributed by atoms with Crippen LogP contribution in [-0.4, -0.2) is 8.32 Å². The lowest BCUT2D eigenvalue weighted by Gasteiger charge is -2.38. The molecule has 0 fully saturated rings. The Hall–Kier alpha value is -0.863. The maximum atomic E-state index is 6.54. The summed E-state index contributed by atoms with van der Waals surface area (Å²) < 4.78 is 6.54. The number of hydrogen-bond acceptors (Lipinski definition) is 1. The first-order valence-corrected chi connectivity index (χ1v) is 10.1. The molecule has 0 aromatic heterocycles. The van der Waals surface area contributed by atoms with E-state index in [-0.39, 0.29) is 11.1 Å². The van der Waals surface area contributed by atoms with E-state index < -0.39 is 8.32 Å². The highest BCUT2D eigenvalue weighted by molar-refractivity contribution is 6.74. The minimum Gasteiger partial charge on any atom is -0.407 e. The fraction of sp³-hybridized carbons (Fsp3) is 0.529. The summed E-state index contributed by atoms with van der Waals surface area (Å²) in [7, 11) is -1.75. The maximum Gasteiger partial charge on any atom is 0.193 e. The van der Waals surface area contributed by atoms with Crippen molar-refractivity contribution in [2.24, 2.45) is 0 Å². The summed E-state index contributed by atoms with van der Waals surface area (Å²) in [5, 5.41) is 0.236. The lowest BCUT2D eigenvalue weighted by molar-refractivity contribution is 0.229. The molecule has 0 bridgehead atoms. The van der Waals surface area contributed by atoms with Gasteiger partial charge < -0.3 is 4.43 Å². The molecule has 0 aliphatic heterocycles. The molecule has 0 aliphatic rings. The average Bonchev–Trinajstić information content (AvgIpc) is 2.34.